The van der Waals surface area contributed by atoms with Crippen LogP contribution >= 0.6 is 43.5 Å². The minimum Gasteiger partial charge on any atom is -0.406 e. The highest BCUT2D eigenvalue weighted by Crippen LogP contribution is 2.42. The molecule has 2 nitrogen and oxygen atoms in total. The van der Waals surface area contributed by atoms with Crippen molar-refractivity contribution < 1.29 is 39.9 Å². The molecule has 0 N–H and O–H groups in total. The van der Waals surface area contributed by atoms with Gasteiger partial charge in [0.25, 0.3) is 0 Å². The highest BCUT2D eigenvalue weighted by atomic mass is 79.9. The largest absolute Gasteiger partial charge is 0.573 e. The van der Waals surface area contributed by atoms with E-state index in [9.17, 15) is 35.1 Å². The first-order valence-corrected chi connectivity index (χ1v) is 7.05. The zero-order chi connectivity index (χ0) is 18.2. The number of benzene rings is 1. The highest BCUT2D eigenvalue weighted by molar-refractivity contribution is 9.11. The third-order valence-electron chi connectivity index (χ3n) is 2.05. The summed E-state index contributed by atoms with van der Waals surface area (Å²) in [7, 11) is 0. The van der Waals surface area contributed by atoms with E-state index >= 15 is 0 Å². The minimum atomic E-state index is -5.98. The Kier molecular flexibility index (Phi) is 5.96. The number of ether oxygens (including phenoxy) is 1. The fourth-order valence-electron chi connectivity index (χ4n) is 1.13. The fraction of sp³-hybridized carbons (Fsp3) is 0.300. The van der Waals surface area contributed by atoms with Gasteiger partial charge in [0, 0.05) is 8.95 Å². The van der Waals surface area contributed by atoms with Gasteiger partial charge >= 0.3 is 18.5 Å². The van der Waals surface area contributed by atoms with Crippen molar-refractivity contribution in [1.82, 2.24) is 0 Å². The van der Waals surface area contributed by atoms with Crippen LogP contribution < -0.4 is 4.74 Å². The maximum atomic E-state index is 13.0. The van der Waals surface area contributed by atoms with Gasteiger partial charge in [-0.2, -0.15) is 22.0 Å². The molecule has 0 radical (unpaired) electrons. The second-order valence-corrected chi connectivity index (χ2v) is 5.82. The topological polar surface area (TPSA) is 21.6 Å². The van der Waals surface area contributed by atoms with Crippen LogP contribution in [0.25, 0.3) is 0 Å². The van der Waals surface area contributed by atoms with E-state index in [-0.39, 0.29) is 8.95 Å². The van der Waals surface area contributed by atoms with Crippen LogP contribution in [0, 0.1) is 0 Å². The minimum absolute atomic E-state index is 0.359. The summed E-state index contributed by atoms with van der Waals surface area (Å²) in [5.74, 6) is -6.18. The van der Waals surface area contributed by atoms with Crippen LogP contribution in [0.4, 0.5) is 40.8 Å². The molecule has 0 atom stereocenters. The van der Waals surface area contributed by atoms with Crippen LogP contribution in [-0.2, 0) is 0 Å². The molecular formula is C10H2Br2ClF8NO. The Labute approximate surface area is 144 Å². The van der Waals surface area contributed by atoms with E-state index < -0.39 is 35.1 Å². The molecule has 0 spiro atoms. The van der Waals surface area contributed by atoms with Gasteiger partial charge in [-0.3, -0.25) is 0 Å². The average molecular weight is 499 g/mol. The van der Waals surface area contributed by atoms with Gasteiger partial charge < -0.3 is 4.74 Å². The molecule has 0 bridgehead atoms. The Balaban J connectivity index is 3.28. The first-order chi connectivity index (χ1) is 10.1. The summed E-state index contributed by atoms with van der Waals surface area (Å²) in [6.07, 6.45) is -11.0. The van der Waals surface area contributed by atoms with Gasteiger partial charge in [-0.25, -0.2) is 4.99 Å². The summed E-state index contributed by atoms with van der Waals surface area (Å²) in [4.78, 5) is 2.92. The molecule has 0 aliphatic heterocycles. The van der Waals surface area contributed by atoms with Crippen molar-refractivity contribution in [3.63, 3.8) is 0 Å². The Morgan fingerprint density at radius 3 is 1.74 bits per heavy atom. The summed E-state index contributed by atoms with van der Waals surface area (Å²) in [6, 6.07) is 1.35. The quantitative estimate of drug-likeness (QED) is 0.340. The third-order valence-corrected chi connectivity index (χ3v) is 3.58. The van der Waals surface area contributed by atoms with Crippen molar-refractivity contribution in [3.8, 4) is 5.75 Å². The second-order valence-electron chi connectivity index (χ2n) is 3.76. The lowest BCUT2D eigenvalue weighted by atomic mass is 10.3. The molecule has 1 aromatic carbocycles. The lowest BCUT2D eigenvalue weighted by Gasteiger charge is -2.18. The fourth-order valence-corrected chi connectivity index (χ4v) is 2.64. The molecule has 0 saturated carbocycles. The maximum absolute atomic E-state index is 13.0. The molecule has 0 unspecified atom stereocenters. The highest BCUT2D eigenvalue weighted by Gasteiger charge is 2.61. The van der Waals surface area contributed by atoms with Crippen molar-refractivity contribution in [1.29, 1.82) is 0 Å². The molecule has 0 amide bonds. The molecule has 0 saturated heterocycles. The lowest BCUT2D eigenvalue weighted by Crippen LogP contribution is -2.41. The lowest BCUT2D eigenvalue weighted by molar-refractivity contribution is -0.274. The van der Waals surface area contributed by atoms with E-state index in [1.165, 1.54) is 0 Å². The molecule has 0 aliphatic carbocycles. The summed E-state index contributed by atoms with van der Waals surface area (Å²) in [6.45, 7) is 0. The molecule has 23 heavy (non-hydrogen) atoms. The number of rotatable bonds is 3. The van der Waals surface area contributed by atoms with Gasteiger partial charge in [0.05, 0.1) is 5.69 Å². The predicted octanol–water partition coefficient (Wildman–Crippen LogP) is 6.58. The molecular weight excluding hydrogens is 497 g/mol. The van der Waals surface area contributed by atoms with E-state index in [2.05, 4.69) is 41.6 Å². The maximum Gasteiger partial charge on any atom is 0.573 e. The molecule has 130 valence electrons. The number of nitrogens with zero attached hydrogens (tertiary/aromatic N) is 1. The molecule has 0 aromatic heterocycles. The first kappa shape index (κ1) is 20.4. The molecule has 0 heterocycles. The Hall–Kier alpha value is -0.620. The van der Waals surface area contributed by atoms with Crippen LogP contribution in [0.2, 0.25) is 0 Å². The third kappa shape index (κ3) is 5.18. The van der Waals surface area contributed by atoms with Gasteiger partial charge in [-0.05, 0) is 44.0 Å². The Morgan fingerprint density at radius 2 is 1.39 bits per heavy atom. The number of halogens is 11. The van der Waals surface area contributed by atoms with Crippen LogP contribution in [0.1, 0.15) is 0 Å². The Morgan fingerprint density at radius 1 is 0.957 bits per heavy atom. The average Bonchev–Trinajstić information content (AvgIpc) is 2.29. The summed E-state index contributed by atoms with van der Waals surface area (Å²) < 4.78 is 102. The summed E-state index contributed by atoms with van der Waals surface area (Å²) >= 11 is 10.3. The smallest absolute Gasteiger partial charge is 0.406 e. The Bertz CT molecular complexity index is 605. The normalized spacial score (nSPS) is 14.1. The molecule has 1 aromatic rings. The number of alkyl halides is 8. The van der Waals surface area contributed by atoms with Gasteiger partial charge in [0.15, 0.2) is 5.17 Å². The van der Waals surface area contributed by atoms with Crippen molar-refractivity contribution >= 4 is 54.3 Å². The van der Waals surface area contributed by atoms with Gasteiger partial charge in [0.1, 0.15) is 5.75 Å². The van der Waals surface area contributed by atoms with E-state index in [0.717, 1.165) is 0 Å². The van der Waals surface area contributed by atoms with E-state index in [4.69, 9.17) is 11.6 Å². The number of aliphatic imine (C=N–C) groups is 1. The monoisotopic (exact) mass is 497 g/mol. The molecule has 0 fully saturated rings. The van der Waals surface area contributed by atoms with Crippen molar-refractivity contribution in [2.75, 3.05) is 0 Å². The van der Waals surface area contributed by atoms with Gasteiger partial charge in [-0.1, -0.05) is 11.6 Å². The van der Waals surface area contributed by atoms with Crippen molar-refractivity contribution in [3.05, 3.63) is 21.1 Å². The number of hydrogen-bond donors (Lipinski definition) is 0. The van der Waals surface area contributed by atoms with Gasteiger partial charge in [-0.15, -0.1) is 13.2 Å². The van der Waals surface area contributed by atoms with Crippen LogP contribution in [0.5, 0.6) is 5.75 Å². The first-order valence-electron chi connectivity index (χ1n) is 5.09. The van der Waals surface area contributed by atoms with Crippen LogP contribution in [-0.4, -0.2) is 23.6 Å². The van der Waals surface area contributed by atoms with Crippen molar-refractivity contribution in [2.45, 2.75) is 18.5 Å². The SMILES string of the molecule is FC(F)(F)Oc1cc(Br)c(N=C(Cl)C(F)(F)C(F)(F)F)c(Br)c1. The van der Waals surface area contributed by atoms with Crippen molar-refractivity contribution in [2.24, 2.45) is 4.99 Å². The summed E-state index contributed by atoms with van der Waals surface area (Å²) in [5, 5.41) is -2.10. The van der Waals surface area contributed by atoms with E-state index in [1.807, 2.05) is 0 Å². The molecule has 0 aliphatic rings. The van der Waals surface area contributed by atoms with Crippen LogP contribution in [0.3, 0.4) is 0 Å². The van der Waals surface area contributed by atoms with E-state index in [0.29, 0.717) is 12.1 Å². The zero-order valence-corrected chi connectivity index (χ0v) is 14.1. The van der Waals surface area contributed by atoms with Crippen LogP contribution in [0.15, 0.2) is 26.1 Å². The predicted molar refractivity (Wildman–Crippen MR) is 72.5 cm³/mol. The van der Waals surface area contributed by atoms with E-state index in [1.54, 1.807) is 0 Å². The van der Waals surface area contributed by atoms with Gasteiger partial charge in [0.2, 0.25) is 0 Å². The molecule has 13 heteroatoms. The standard InChI is InChI=1S/C10H2Br2ClF8NO/c11-4-1-3(23-10(19,20)21)2-5(12)6(4)22-7(13)8(14,15)9(16,17)18/h1-2H. The number of hydrogen-bond acceptors (Lipinski definition) is 2. The summed E-state index contributed by atoms with van der Waals surface area (Å²) in [5.41, 5.74) is -0.576. The molecule has 1 rings (SSSR count). The second kappa shape index (κ2) is 6.71. The zero-order valence-electron chi connectivity index (χ0n) is 10.2.